The van der Waals surface area contributed by atoms with Crippen LogP contribution < -0.4 is 5.32 Å². The Balaban J connectivity index is 2.01. The van der Waals surface area contributed by atoms with Crippen LogP contribution >= 0.6 is 0 Å². The predicted octanol–water partition coefficient (Wildman–Crippen LogP) is 0.860. The molecule has 0 aromatic heterocycles. The average molecular weight is 296 g/mol. The number of carboxylic acid groups (broad SMARTS) is 1. The van der Waals surface area contributed by atoms with Gasteiger partial charge in [-0.3, -0.25) is 14.4 Å². The fraction of sp³-hybridized carbons (Fsp3) is 0.800. The van der Waals surface area contributed by atoms with E-state index in [0.29, 0.717) is 25.9 Å². The molecule has 0 bridgehead atoms. The molecule has 6 heteroatoms. The van der Waals surface area contributed by atoms with Gasteiger partial charge in [0.2, 0.25) is 11.8 Å². The number of aliphatic carboxylic acids is 1. The highest BCUT2D eigenvalue weighted by atomic mass is 16.4. The maximum absolute atomic E-state index is 12.6. The lowest BCUT2D eigenvalue weighted by Gasteiger charge is -2.35. The quantitative estimate of drug-likeness (QED) is 0.808. The van der Waals surface area contributed by atoms with Crippen LogP contribution in [-0.4, -0.2) is 46.9 Å². The Morgan fingerprint density at radius 2 is 1.86 bits per heavy atom. The molecule has 1 aliphatic carbocycles. The fourth-order valence-electron chi connectivity index (χ4n) is 3.65. The number of carboxylic acids is 1. The molecular formula is C15H24N2O4. The molecule has 6 nitrogen and oxygen atoms in total. The third-order valence-electron chi connectivity index (χ3n) is 4.57. The van der Waals surface area contributed by atoms with Gasteiger partial charge < -0.3 is 15.3 Å². The van der Waals surface area contributed by atoms with Crippen molar-refractivity contribution in [2.75, 3.05) is 13.1 Å². The zero-order chi connectivity index (χ0) is 15.6. The molecule has 2 amide bonds. The van der Waals surface area contributed by atoms with E-state index in [4.69, 9.17) is 0 Å². The summed E-state index contributed by atoms with van der Waals surface area (Å²) in [5, 5.41) is 12.1. The topological polar surface area (TPSA) is 86.7 Å². The van der Waals surface area contributed by atoms with Crippen molar-refractivity contribution < 1.29 is 19.5 Å². The molecule has 4 unspecified atom stereocenters. The zero-order valence-electron chi connectivity index (χ0n) is 12.7. The van der Waals surface area contributed by atoms with Crippen molar-refractivity contribution in [2.45, 2.75) is 45.6 Å². The number of nitrogens with one attached hydrogen (secondary N) is 1. The van der Waals surface area contributed by atoms with Crippen LogP contribution in [0.1, 0.15) is 39.5 Å². The molecule has 1 aliphatic heterocycles. The first-order valence-corrected chi connectivity index (χ1v) is 7.67. The second-order valence-electron chi connectivity index (χ2n) is 6.45. The third kappa shape index (κ3) is 3.74. The Bertz CT molecular complexity index is 437. The van der Waals surface area contributed by atoms with E-state index in [1.165, 1.54) is 6.92 Å². The van der Waals surface area contributed by atoms with Gasteiger partial charge in [-0.05, 0) is 31.6 Å². The monoisotopic (exact) mass is 296 g/mol. The number of hydrogen-bond acceptors (Lipinski definition) is 3. The number of hydrogen-bond donors (Lipinski definition) is 2. The summed E-state index contributed by atoms with van der Waals surface area (Å²) in [7, 11) is 0. The summed E-state index contributed by atoms with van der Waals surface area (Å²) in [6.07, 6.45) is 2.94. The van der Waals surface area contributed by atoms with Gasteiger partial charge in [-0.2, -0.15) is 0 Å². The molecule has 2 aliphatic rings. The number of nitrogens with zero attached hydrogens (tertiary/aromatic N) is 1. The number of piperidine rings is 1. The summed E-state index contributed by atoms with van der Waals surface area (Å²) in [5.74, 6) is -1.71. The molecule has 0 aromatic carbocycles. The lowest BCUT2D eigenvalue weighted by Crippen LogP contribution is -2.51. The molecule has 4 atom stereocenters. The van der Waals surface area contributed by atoms with E-state index in [0.717, 1.165) is 12.8 Å². The predicted molar refractivity (Wildman–Crippen MR) is 76.4 cm³/mol. The van der Waals surface area contributed by atoms with Crippen molar-refractivity contribution in [1.82, 2.24) is 10.2 Å². The third-order valence-corrected chi connectivity index (χ3v) is 4.57. The van der Waals surface area contributed by atoms with Crippen LogP contribution in [0.5, 0.6) is 0 Å². The molecule has 118 valence electrons. The van der Waals surface area contributed by atoms with Crippen molar-refractivity contribution in [3.8, 4) is 0 Å². The van der Waals surface area contributed by atoms with Crippen LogP contribution in [0.3, 0.4) is 0 Å². The van der Waals surface area contributed by atoms with E-state index in [9.17, 15) is 19.5 Å². The summed E-state index contributed by atoms with van der Waals surface area (Å²) < 4.78 is 0. The fourth-order valence-corrected chi connectivity index (χ4v) is 3.65. The summed E-state index contributed by atoms with van der Waals surface area (Å²) in [6, 6.07) is -0.0118. The molecule has 0 aromatic rings. The molecule has 2 rings (SSSR count). The second-order valence-corrected chi connectivity index (χ2v) is 6.45. The highest BCUT2D eigenvalue weighted by Crippen LogP contribution is 2.37. The smallest absolute Gasteiger partial charge is 0.307 e. The summed E-state index contributed by atoms with van der Waals surface area (Å²) >= 11 is 0. The highest BCUT2D eigenvalue weighted by Gasteiger charge is 2.43. The second kappa shape index (κ2) is 6.45. The van der Waals surface area contributed by atoms with Crippen LogP contribution in [0.15, 0.2) is 0 Å². The number of amides is 2. The average Bonchev–Trinajstić information content (AvgIpc) is 2.80. The molecule has 21 heavy (non-hydrogen) atoms. The number of carbonyl (C=O) groups excluding carboxylic acids is 2. The summed E-state index contributed by atoms with van der Waals surface area (Å²) in [4.78, 5) is 36.8. The minimum absolute atomic E-state index is 0.0118. The van der Waals surface area contributed by atoms with Gasteiger partial charge >= 0.3 is 5.97 Å². The first-order valence-electron chi connectivity index (χ1n) is 7.67. The van der Waals surface area contributed by atoms with E-state index >= 15 is 0 Å². The molecule has 2 fully saturated rings. The lowest BCUT2D eigenvalue weighted by atomic mass is 9.93. The van der Waals surface area contributed by atoms with Crippen molar-refractivity contribution >= 4 is 17.8 Å². The van der Waals surface area contributed by atoms with Gasteiger partial charge in [0.1, 0.15) is 0 Å². The van der Waals surface area contributed by atoms with Crippen molar-refractivity contribution in [3.05, 3.63) is 0 Å². The van der Waals surface area contributed by atoms with Crippen LogP contribution in [0.2, 0.25) is 0 Å². The highest BCUT2D eigenvalue weighted by molar-refractivity contribution is 5.85. The Labute approximate surface area is 124 Å². The first-order chi connectivity index (χ1) is 9.88. The van der Waals surface area contributed by atoms with Gasteiger partial charge in [0.15, 0.2) is 0 Å². The van der Waals surface area contributed by atoms with Crippen LogP contribution in [0, 0.1) is 17.8 Å². The molecule has 1 saturated heterocycles. The van der Waals surface area contributed by atoms with Gasteiger partial charge in [-0.25, -0.2) is 0 Å². The summed E-state index contributed by atoms with van der Waals surface area (Å²) in [5.41, 5.74) is 0. The lowest BCUT2D eigenvalue weighted by molar-refractivity contribution is -0.149. The maximum atomic E-state index is 12.6. The van der Waals surface area contributed by atoms with Gasteiger partial charge in [0.25, 0.3) is 0 Å². The molecule has 0 radical (unpaired) electrons. The Hall–Kier alpha value is -1.59. The van der Waals surface area contributed by atoms with Gasteiger partial charge in [0.05, 0.1) is 11.8 Å². The maximum Gasteiger partial charge on any atom is 0.307 e. The van der Waals surface area contributed by atoms with Crippen molar-refractivity contribution in [1.29, 1.82) is 0 Å². The number of likely N-dealkylation sites (tertiary alicyclic amines) is 1. The number of carbonyl (C=O) groups is 3. The van der Waals surface area contributed by atoms with E-state index in [1.54, 1.807) is 4.90 Å². The van der Waals surface area contributed by atoms with Gasteiger partial charge in [-0.1, -0.05) is 6.92 Å². The SMILES string of the molecule is CC(=O)NC1CCCN(C(=O)C2CC(C)CC2C(=O)O)C1. The molecular weight excluding hydrogens is 272 g/mol. The van der Waals surface area contributed by atoms with Crippen molar-refractivity contribution in [2.24, 2.45) is 17.8 Å². The van der Waals surface area contributed by atoms with E-state index in [2.05, 4.69) is 5.32 Å². The molecule has 1 saturated carbocycles. The van der Waals surface area contributed by atoms with Crippen LogP contribution in [-0.2, 0) is 14.4 Å². The number of rotatable bonds is 3. The van der Waals surface area contributed by atoms with E-state index in [-0.39, 0.29) is 23.8 Å². The van der Waals surface area contributed by atoms with Gasteiger partial charge in [-0.15, -0.1) is 0 Å². The molecule has 0 spiro atoms. The molecule has 1 heterocycles. The van der Waals surface area contributed by atoms with Crippen molar-refractivity contribution in [3.63, 3.8) is 0 Å². The van der Waals surface area contributed by atoms with Crippen LogP contribution in [0.4, 0.5) is 0 Å². The largest absolute Gasteiger partial charge is 0.481 e. The normalized spacial score (nSPS) is 32.8. The molecule has 2 N–H and O–H groups in total. The Morgan fingerprint density at radius 1 is 1.19 bits per heavy atom. The first kappa shape index (κ1) is 15.8. The minimum atomic E-state index is -0.867. The Morgan fingerprint density at radius 3 is 2.48 bits per heavy atom. The van der Waals surface area contributed by atoms with Gasteiger partial charge in [0, 0.05) is 26.1 Å². The van der Waals surface area contributed by atoms with E-state index in [1.807, 2.05) is 6.92 Å². The zero-order valence-corrected chi connectivity index (χ0v) is 12.7. The standard InChI is InChI=1S/C15H24N2O4/c1-9-6-12(13(7-9)15(20)21)14(19)17-5-3-4-11(8-17)16-10(2)18/h9,11-13H,3-8H2,1-2H3,(H,16,18)(H,20,21). The Kier molecular flexibility index (Phi) is 4.85. The minimum Gasteiger partial charge on any atom is -0.481 e. The van der Waals surface area contributed by atoms with Crippen LogP contribution in [0.25, 0.3) is 0 Å². The van der Waals surface area contributed by atoms with E-state index < -0.39 is 17.8 Å². The summed E-state index contributed by atoms with van der Waals surface area (Å²) in [6.45, 7) is 4.63.